The van der Waals surface area contributed by atoms with Crippen LogP contribution in [0.4, 0.5) is 4.79 Å². The maximum atomic E-state index is 11.7. The first-order valence-electron chi connectivity index (χ1n) is 6.47. The van der Waals surface area contributed by atoms with Gasteiger partial charge in [0.05, 0.1) is 7.11 Å². The Hall–Kier alpha value is -2.49. The van der Waals surface area contributed by atoms with E-state index in [1.54, 1.807) is 7.11 Å². The molecule has 2 amide bonds. The average Bonchev–Trinajstić information content (AvgIpc) is 2.52. The molecule has 104 valence electrons. The molecule has 4 heteroatoms. The maximum absolute atomic E-state index is 11.7. The molecule has 0 saturated heterocycles. The molecule has 0 fully saturated rings. The normalized spacial score (nSPS) is 9.85. The third-order valence-electron chi connectivity index (χ3n) is 2.93. The third kappa shape index (κ3) is 4.02. The summed E-state index contributed by atoms with van der Waals surface area (Å²) < 4.78 is 5.24. The Labute approximate surface area is 118 Å². The zero-order valence-corrected chi connectivity index (χ0v) is 11.4. The first-order valence-corrected chi connectivity index (χ1v) is 6.47. The van der Waals surface area contributed by atoms with Crippen LogP contribution in [-0.4, -0.2) is 13.1 Å². The van der Waals surface area contributed by atoms with E-state index >= 15 is 0 Å². The van der Waals surface area contributed by atoms with Crippen molar-refractivity contribution in [2.75, 3.05) is 7.11 Å². The topological polar surface area (TPSA) is 50.4 Å². The first-order chi connectivity index (χ1) is 9.79. The minimum Gasteiger partial charge on any atom is -0.496 e. The van der Waals surface area contributed by atoms with Crippen molar-refractivity contribution >= 4 is 6.03 Å². The maximum Gasteiger partial charge on any atom is 0.315 e. The van der Waals surface area contributed by atoms with Crippen molar-refractivity contribution in [3.63, 3.8) is 0 Å². The lowest BCUT2D eigenvalue weighted by molar-refractivity contribution is 0.240. The number of para-hydroxylation sites is 1. The molecule has 0 spiro atoms. The summed E-state index contributed by atoms with van der Waals surface area (Å²) in [7, 11) is 1.62. The molecule has 0 bridgehead atoms. The molecule has 0 aliphatic rings. The van der Waals surface area contributed by atoms with Crippen molar-refractivity contribution < 1.29 is 9.53 Å². The van der Waals surface area contributed by atoms with Crippen LogP contribution in [0.15, 0.2) is 54.6 Å². The van der Waals surface area contributed by atoms with Crippen LogP contribution in [0.2, 0.25) is 0 Å². The van der Waals surface area contributed by atoms with Gasteiger partial charge in [0.1, 0.15) is 5.75 Å². The van der Waals surface area contributed by atoms with E-state index in [9.17, 15) is 4.79 Å². The van der Waals surface area contributed by atoms with Crippen molar-refractivity contribution in [2.24, 2.45) is 0 Å². The number of benzene rings is 2. The summed E-state index contributed by atoms with van der Waals surface area (Å²) in [6.07, 6.45) is 0. The molecule has 0 unspecified atom stereocenters. The van der Waals surface area contributed by atoms with E-state index in [0.29, 0.717) is 13.1 Å². The highest BCUT2D eigenvalue weighted by atomic mass is 16.5. The summed E-state index contributed by atoms with van der Waals surface area (Å²) in [6, 6.07) is 17.2. The van der Waals surface area contributed by atoms with Gasteiger partial charge in [-0.1, -0.05) is 48.5 Å². The highest BCUT2D eigenvalue weighted by Crippen LogP contribution is 2.16. The highest BCUT2D eigenvalue weighted by Gasteiger charge is 2.04. The quantitative estimate of drug-likeness (QED) is 0.877. The van der Waals surface area contributed by atoms with Gasteiger partial charge in [0, 0.05) is 18.7 Å². The number of nitrogens with one attached hydrogen (secondary N) is 2. The van der Waals surface area contributed by atoms with Gasteiger partial charge >= 0.3 is 6.03 Å². The summed E-state index contributed by atoms with van der Waals surface area (Å²) in [5.41, 5.74) is 2.02. The van der Waals surface area contributed by atoms with E-state index in [2.05, 4.69) is 10.6 Å². The predicted molar refractivity (Wildman–Crippen MR) is 78.5 cm³/mol. The van der Waals surface area contributed by atoms with Crippen LogP contribution in [0.25, 0.3) is 0 Å². The third-order valence-corrected chi connectivity index (χ3v) is 2.93. The Morgan fingerprint density at radius 3 is 2.35 bits per heavy atom. The molecular formula is C16H18N2O2. The van der Waals surface area contributed by atoms with Crippen molar-refractivity contribution in [3.05, 3.63) is 65.7 Å². The molecule has 2 aromatic carbocycles. The monoisotopic (exact) mass is 270 g/mol. The fourth-order valence-electron chi connectivity index (χ4n) is 1.87. The van der Waals surface area contributed by atoms with Crippen LogP contribution in [0.1, 0.15) is 11.1 Å². The summed E-state index contributed by atoms with van der Waals surface area (Å²) in [5.74, 6) is 0.774. The Morgan fingerprint density at radius 2 is 1.60 bits per heavy atom. The molecule has 4 nitrogen and oxygen atoms in total. The lowest BCUT2D eigenvalue weighted by atomic mass is 10.2. The summed E-state index contributed by atoms with van der Waals surface area (Å²) in [5, 5.41) is 5.63. The van der Waals surface area contributed by atoms with Gasteiger partial charge in [-0.05, 0) is 11.6 Å². The minimum atomic E-state index is -0.195. The first kappa shape index (κ1) is 13.9. The predicted octanol–water partition coefficient (Wildman–Crippen LogP) is 2.69. The molecule has 0 aliphatic carbocycles. The molecule has 2 rings (SSSR count). The average molecular weight is 270 g/mol. The van der Waals surface area contributed by atoms with E-state index in [1.807, 2.05) is 54.6 Å². The number of carbonyl (C=O) groups is 1. The van der Waals surface area contributed by atoms with E-state index in [-0.39, 0.29) is 6.03 Å². The molecule has 2 aromatic rings. The minimum absolute atomic E-state index is 0.195. The van der Waals surface area contributed by atoms with Gasteiger partial charge in [-0.15, -0.1) is 0 Å². The zero-order valence-electron chi connectivity index (χ0n) is 11.4. The van der Waals surface area contributed by atoms with Crippen molar-refractivity contribution in [2.45, 2.75) is 13.1 Å². The number of carbonyl (C=O) groups excluding carboxylic acids is 1. The number of hydrogen-bond donors (Lipinski definition) is 2. The Balaban J connectivity index is 1.80. The lowest BCUT2D eigenvalue weighted by Gasteiger charge is -2.10. The highest BCUT2D eigenvalue weighted by molar-refractivity contribution is 5.73. The SMILES string of the molecule is COc1ccccc1CNC(=O)NCc1ccccc1. The van der Waals surface area contributed by atoms with Gasteiger partial charge in [-0.2, -0.15) is 0 Å². The molecule has 0 heterocycles. The Kier molecular flexibility index (Phi) is 5.00. The van der Waals surface area contributed by atoms with Crippen LogP contribution in [0.5, 0.6) is 5.75 Å². The number of amides is 2. The number of hydrogen-bond acceptors (Lipinski definition) is 2. The molecule has 0 saturated carbocycles. The van der Waals surface area contributed by atoms with Gasteiger partial charge in [0.15, 0.2) is 0 Å². The van der Waals surface area contributed by atoms with Crippen LogP contribution in [0, 0.1) is 0 Å². The lowest BCUT2D eigenvalue weighted by Crippen LogP contribution is -2.34. The van der Waals surface area contributed by atoms with E-state index in [4.69, 9.17) is 4.74 Å². The van der Waals surface area contributed by atoms with Crippen LogP contribution in [0.3, 0.4) is 0 Å². The van der Waals surface area contributed by atoms with Crippen molar-refractivity contribution in [3.8, 4) is 5.75 Å². The van der Waals surface area contributed by atoms with Crippen molar-refractivity contribution in [1.82, 2.24) is 10.6 Å². The number of rotatable bonds is 5. The smallest absolute Gasteiger partial charge is 0.315 e. The van der Waals surface area contributed by atoms with Gasteiger partial charge in [0.2, 0.25) is 0 Å². The second-order valence-corrected chi connectivity index (χ2v) is 4.33. The standard InChI is InChI=1S/C16H18N2O2/c1-20-15-10-6-5-9-14(15)12-18-16(19)17-11-13-7-3-2-4-8-13/h2-10H,11-12H2,1H3,(H2,17,18,19). The Bertz CT molecular complexity index is 555. The van der Waals surface area contributed by atoms with Crippen LogP contribution >= 0.6 is 0 Å². The number of ether oxygens (including phenoxy) is 1. The second kappa shape index (κ2) is 7.19. The molecule has 0 aromatic heterocycles. The van der Waals surface area contributed by atoms with Crippen LogP contribution in [-0.2, 0) is 13.1 Å². The van der Waals surface area contributed by atoms with E-state index in [0.717, 1.165) is 16.9 Å². The van der Waals surface area contributed by atoms with E-state index in [1.165, 1.54) is 0 Å². The molecule has 0 atom stereocenters. The number of methoxy groups -OCH3 is 1. The molecule has 0 radical (unpaired) electrons. The summed E-state index contributed by atoms with van der Waals surface area (Å²) in [6.45, 7) is 0.948. The van der Waals surface area contributed by atoms with Gasteiger partial charge < -0.3 is 15.4 Å². The fourth-order valence-corrected chi connectivity index (χ4v) is 1.87. The Morgan fingerprint density at radius 1 is 0.950 bits per heavy atom. The number of urea groups is 1. The fraction of sp³-hybridized carbons (Fsp3) is 0.188. The summed E-state index contributed by atoms with van der Waals surface area (Å²) in [4.78, 5) is 11.7. The largest absolute Gasteiger partial charge is 0.496 e. The van der Waals surface area contributed by atoms with Crippen LogP contribution < -0.4 is 15.4 Å². The molecule has 0 aliphatic heterocycles. The van der Waals surface area contributed by atoms with Crippen molar-refractivity contribution in [1.29, 1.82) is 0 Å². The molecule has 20 heavy (non-hydrogen) atoms. The molecular weight excluding hydrogens is 252 g/mol. The summed E-state index contributed by atoms with van der Waals surface area (Å²) >= 11 is 0. The van der Waals surface area contributed by atoms with Gasteiger partial charge in [-0.25, -0.2) is 4.79 Å². The van der Waals surface area contributed by atoms with Gasteiger partial charge in [0.25, 0.3) is 0 Å². The molecule has 2 N–H and O–H groups in total. The van der Waals surface area contributed by atoms with Gasteiger partial charge in [-0.3, -0.25) is 0 Å². The second-order valence-electron chi connectivity index (χ2n) is 4.33. The van der Waals surface area contributed by atoms with E-state index < -0.39 is 0 Å². The zero-order chi connectivity index (χ0) is 14.2.